The van der Waals surface area contributed by atoms with E-state index in [2.05, 4.69) is 15.2 Å². The van der Waals surface area contributed by atoms with Crippen molar-refractivity contribution in [1.29, 1.82) is 0 Å². The zero-order valence-corrected chi connectivity index (χ0v) is 14.8. The van der Waals surface area contributed by atoms with Crippen LogP contribution in [0.2, 0.25) is 0 Å². The number of rotatable bonds is 3. The third kappa shape index (κ3) is 2.93. The number of aromatic nitrogens is 1. The van der Waals surface area contributed by atoms with Crippen molar-refractivity contribution in [2.24, 2.45) is 0 Å². The number of anilines is 1. The predicted molar refractivity (Wildman–Crippen MR) is 98.7 cm³/mol. The fourth-order valence-corrected chi connectivity index (χ4v) is 4.61. The molecule has 26 heavy (non-hydrogen) atoms. The van der Waals surface area contributed by atoms with Gasteiger partial charge in [-0.15, -0.1) is 0 Å². The lowest BCUT2D eigenvalue weighted by atomic mass is 10.1. The number of hydrogen-bond donors (Lipinski definition) is 1. The summed E-state index contributed by atoms with van der Waals surface area (Å²) in [7, 11) is -3.94. The molecule has 1 aromatic heterocycles. The molecule has 0 bridgehead atoms. The molecule has 1 saturated heterocycles. The lowest BCUT2D eigenvalue weighted by molar-refractivity contribution is 0.567. The maximum Gasteiger partial charge on any atom is 0.209 e. The summed E-state index contributed by atoms with van der Waals surface area (Å²) < 4.78 is 39.9. The van der Waals surface area contributed by atoms with Gasteiger partial charge in [-0.25, -0.2) is 12.8 Å². The maximum atomic E-state index is 14.0. The monoisotopic (exact) mass is 371 g/mol. The van der Waals surface area contributed by atoms with E-state index >= 15 is 0 Å². The topological polar surface area (TPSA) is 62.3 Å². The molecule has 1 aliphatic heterocycles. The molecule has 134 valence electrons. The van der Waals surface area contributed by atoms with Gasteiger partial charge in [-0.1, -0.05) is 12.1 Å². The molecule has 0 atom stereocenters. The van der Waals surface area contributed by atoms with Crippen LogP contribution in [0.1, 0.15) is 0 Å². The number of nitrogens with one attached hydrogen (secondary N) is 1. The Morgan fingerprint density at radius 2 is 1.81 bits per heavy atom. The molecule has 1 N–H and O–H groups in total. The van der Waals surface area contributed by atoms with Gasteiger partial charge in [0.15, 0.2) is 0 Å². The Morgan fingerprint density at radius 3 is 2.58 bits per heavy atom. The molecular weight excluding hydrogens is 353 g/mol. The van der Waals surface area contributed by atoms with Crippen molar-refractivity contribution in [3.63, 3.8) is 0 Å². The summed E-state index contributed by atoms with van der Waals surface area (Å²) in [4.78, 5) is 6.30. The van der Waals surface area contributed by atoms with Gasteiger partial charge in [-0.05, 0) is 36.4 Å². The third-order valence-corrected chi connectivity index (χ3v) is 6.37. The molecule has 3 aromatic rings. The van der Waals surface area contributed by atoms with Gasteiger partial charge < -0.3 is 10.2 Å². The smallest absolute Gasteiger partial charge is 0.209 e. The molecule has 0 amide bonds. The first kappa shape index (κ1) is 16.9. The lowest BCUT2D eigenvalue weighted by Crippen LogP contribution is -2.43. The van der Waals surface area contributed by atoms with Crippen molar-refractivity contribution in [2.75, 3.05) is 31.1 Å². The van der Waals surface area contributed by atoms with Gasteiger partial charge in [-0.2, -0.15) is 0 Å². The molecule has 7 heteroatoms. The average Bonchev–Trinajstić information content (AvgIpc) is 2.68. The summed E-state index contributed by atoms with van der Waals surface area (Å²) in [5.74, 6) is -0.749. The Bertz CT molecular complexity index is 1060. The first-order valence-electron chi connectivity index (χ1n) is 8.41. The number of piperazine rings is 1. The summed E-state index contributed by atoms with van der Waals surface area (Å²) in [6.07, 6.45) is 1.73. The minimum atomic E-state index is -3.94. The van der Waals surface area contributed by atoms with Crippen LogP contribution in [-0.4, -0.2) is 39.6 Å². The van der Waals surface area contributed by atoms with Gasteiger partial charge in [-0.3, -0.25) is 4.98 Å². The largest absolute Gasteiger partial charge is 0.368 e. The van der Waals surface area contributed by atoms with Gasteiger partial charge in [0, 0.05) is 43.4 Å². The van der Waals surface area contributed by atoms with Crippen LogP contribution in [0.3, 0.4) is 0 Å². The number of fused-ring (bicyclic) bond motifs is 1. The third-order valence-electron chi connectivity index (χ3n) is 4.58. The van der Waals surface area contributed by atoms with Gasteiger partial charge in [0.1, 0.15) is 10.7 Å². The highest BCUT2D eigenvalue weighted by Crippen LogP contribution is 2.30. The normalized spacial score (nSPS) is 15.3. The van der Waals surface area contributed by atoms with Crippen LogP contribution in [0, 0.1) is 5.82 Å². The van der Waals surface area contributed by atoms with E-state index < -0.39 is 15.7 Å². The average molecular weight is 371 g/mol. The van der Waals surface area contributed by atoms with Crippen LogP contribution in [-0.2, 0) is 9.84 Å². The van der Waals surface area contributed by atoms with E-state index in [4.69, 9.17) is 0 Å². The van der Waals surface area contributed by atoms with Gasteiger partial charge in [0.05, 0.1) is 10.4 Å². The summed E-state index contributed by atoms with van der Waals surface area (Å²) in [6.45, 7) is 3.42. The van der Waals surface area contributed by atoms with E-state index in [0.717, 1.165) is 43.3 Å². The first-order chi connectivity index (χ1) is 12.6. The van der Waals surface area contributed by atoms with Gasteiger partial charge in [0.25, 0.3) is 0 Å². The standard InChI is InChI=1S/C19H18FN3O2S/c20-16-3-1-2-4-19(16)26(24,25)14-5-6-17-15(13-14)18(7-8-22-17)23-11-9-21-10-12-23/h1-8,13,21H,9-12H2. The highest BCUT2D eigenvalue weighted by atomic mass is 32.2. The first-order valence-corrected chi connectivity index (χ1v) is 9.90. The fourth-order valence-electron chi connectivity index (χ4n) is 3.25. The van der Waals surface area contributed by atoms with Crippen molar-refractivity contribution < 1.29 is 12.8 Å². The minimum absolute atomic E-state index is 0.0690. The number of benzene rings is 2. The molecule has 0 spiro atoms. The van der Waals surface area contributed by atoms with E-state index in [1.165, 1.54) is 24.3 Å². The van der Waals surface area contributed by atoms with Crippen LogP contribution < -0.4 is 10.2 Å². The van der Waals surface area contributed by atoms with Gasteiger partial charge >= 0.3 is 0 Å². The molecule has 2 aromatic carbocycles. The molecule has 0 saturated carbocycles. The lowest BCUT2D eigenvalue weighted by Gasteiger charge is -2.30. The van der Waals surface area contributed by atoms with Crippen LogP contribution in [0.25, 0.3) is 10.9 Å². The number of halogens is 1. The van der Waals surface area contributed by atoms with Crippen LogP contribution in [0.5, 0.6) is 0 Å². The number of sulfone groups is 1. The molecular formula is C19H18FN3O2S. The van der Waals surface area contributed by atoms with Crippen LogP contribution >= 0.6 is 0 Å². The highest BCUT2D eigenvalue weighted by molar-refractivity contribution is 7.91. The molecule has 0 aliphatic carbocycles. The summed E-state index contributed by atoms with van der Waals surface area (Å²) in [6, 6.07) is 12.1. The molecule has 4 rings (SSSR count). The predicted octanol–water partition coefficient (Wildman–Crippen LogP) is 2.62. The Morgan fingerprint density at radius 1 is 1.04 bits per heavy atom. The van der Waals surface area contributed by atoms with E-state index in [0.29, 0.717) is 5.52 Å². The maximum absolute atomic E-state index is 14.0. The summed E-state index contributed by atoms with van der Waals surface area (Å²) in [5, 5.41) is 4.06. The molecule has 1 aliphatic rings. The van der Waals surface area contributed by atoms with Crippen molar-refractivity contribution >= 4 is 26.4 Å². The molecule has 0 unspecified atom stereocenters. The van der Waals surface area contributed by atoms with E-state index in [-0.39, 0.29) is 9.79 Å². The second-order valence-corrected chi connectivity index (χ2v) is 8.10. The quantitative estimate of drug-likeness (QED) is 0.767. The second kappa shape index (κ2) is 6.66. The van der Waals surface area contributed by atoms with Crippen molar-refractivity contribution in [1.82, 2.24) is 10.3 Å². The minimum Gasteiger partial charge on any atom is -0.368 e. The number of hydrogen-bond acceptors (Lipinski definition) is 5. The fraction of sp³-hybridized carbons (Fsp3) is 0.211. The van der Waals surface area contributed by atoms with E-state index in [1.54, 1.807) is 18.3 Å². The van der Waals surface area contributed by atoms with E-state index in [1.807, 2.05) is 6.07 Å². The number of nitrogens with zero attached hydrogens (tertiary/aromatic N) is 2. The zero-order valence-electron chi connectivity index (χ0n) is 14.0. The second-order valence-electron chi connectivity index (χ2n) is 6.18. The van der Waals surface area contributed by atoms with Crippen LogP contribution in [0.15, 0.2) is 64.5 Å². The van der Waals surface area contributed by atoms with Crippen molar-refractivity contribution in [3.05, 3.63) is 60.5 Å². The molecule has 5 nitrogen and oxygen atoms in total. The van der Waals surface area contributed by atoms with E-state index in [9.17, 15) is 12.8 Å². The summed E-state index contributed by atoms with van der Waals surface area (Å²) in [5.41, 5.74) is 1.66. The SMILES string of the molecule is O=S(=O)(c1ccc2nccc(N3CCNCC3)c2c1)c1ccccc1F. The zero-order chi connectivity index (χ0) is 18.1. The molecule has 0 radical (unpaired) electrons. The molecule has 2 heterocycles. The molecule has 1 fully saturated rings. The van der Waals surface area contributed by atoms with Crippen LogP contribution in [0.4, 0.5) is 10.1 Å². The number of pyridine rings is 1. The Hall–Kier alpha value is -2.51. The Labute approximate surface area is 151 Å². The highest BCUT2D eigenvalue weighted by Gasteiger charge is 2.23. The Balaban J connectivity index is 1.86. The van der Waals surface area contributed by atoms with Crippen molar-refractivity contribution in [3.8, 4) is 0 Å². The summed E-state index contributed by atoms with van der Waals surface area (Å²) >= 11 is 0. The van der Waals surface area contributed by atoms with Gasteiger partial charge in [0.2, 0.25) is 9.84 Å². The van der Waals surface area contributed by atoms with Crippen molar-refractivity contribution in [2.45, 2.75) is 9.79 Å². The Kier molecular flexibility index (Phi) is 4.34.